The van der Waals surface area contributed by atoms with Crippen LogP contribution < -0.4 is 10.0 Å². The topological polar surface area (TPSA) is 66.1 Å². The molecule has 0 saturated carbocycles. The number of hydrogen-bond donors (Lipinski definition) is 2. The molecule has 1 aromatic carbocycles. The van der Waals surface area contributed by atoms with Crippen molar-refractivity contribution in [2.75, 3.05) is 37.8 Å². The summed E-state index contributed by atoms with van der Waals surface area (Å²) in [5, 5.41) is 3.64. The van der Waals surface area contributed by atoms with E-state index >= 15 is 0 Å². The molecule has 0 bridgehead atoms. The number of fused-ring (bicyclic) bond motifs is 1. The molecule has 1 aromatic rings. The highest BCUT2D eigenvalue weighted by Gasteiger charge is 2.37. The number of rotatable bonds is 8. The van der Waals surface area contributed by atoms with Gasteiger partial charge in [-0.15, -0.1) is 0 Å². The molecule has 184 valence electrons. The van der Waals surface area contributed by atoms with Gasteiger partial charge < -0.3 is 19.7 Å². The van der Waals surface area contributed by atoms with Crippen molar-refractivity contribution in [1.29, 1.82) is 0 Å². The Bertz CT molecular complexity index is 754. The average Bonchev–Trinajstić information content (AvgIpc) is 3.25. The van der Waals surface area contributed by atoms with Crippen LogP contribution in [0.3, 0.4) is 0 Å². The van der Waals surface area contributed by atoms with Crippen molar-refractivity contribution in [1.82, 2.24) is 14.5 Å². The molecule has 0 spiro atoms. The van der Waals surface area contributed by atoms with Gasteiger partial charge in [0.25, 0.3) is 0 Å². The van der Waals surface area contributed by atoms with Gasteiger partial charge in [-0.1, -0.05) is 34.7 Å². The number of carbonyl (C=O) groups excluding carboxylic acids is 1. The molecule has 3 heterocycles. The van der Waals surface area contributed by atoms with E-state index in [0.717, 1.165) is 45.3 Å². The first-order chi connectivity index (χ1) is 16.0. The third-order valence-electron chi connectivity index (χ3n) is 6.35. The van der Waals surface area contributed by atoms with Crippen LogP contribution in [0.4, 0.5) is 10.5 Å². The number of piperidine rings is 2. The second kappa shape index (κ2) is 12.3. The van der Waals surface area contributed by atoms with E-state index in [9.17, 15) is 4.79 Å². The molecule has 0 aliphatic carbocycles. The SMILES string of the molecule is CSSNC1CCCN(C(=O)OC(C)C)C1COC1CCN(C2Nc3ccccc3S2)CC1. The fraction of sp³-hybridized carbons (Fsp3) is 0.696. The van der Waals surface area contributed by atoms with Crippen molar-refractivity contribution in [3.63, 3.8) is 0 Å². The maximum atomic E-state index is 12.8. The predicted octanol–water partition coefficient (Wildman–Crippen LogP) is 4.86. The molecular weight excluding hydrogens is 476 g/mol. The lowest BCUT2D eigenvalue weighted by atomic mass is 9.97. The number of nitrogens with one attached hydrogen (secondary N) is 2. The van der Waals surface area contributed by atoms with E-state index in [1.165, 1.54) is 10.6 Å². The highest BCUT2D eigenvalue weighted by molar-refractivity contribution is 8.75. The maximum Gasteiger partial charge on any atom is 0.410 e. The maximum absolute atomic E-state index is 12.8. The fourth-order valence-corrected chi connectivity index (χ4v) is 7.01. The van der Waals surface area contributed by atoms with Gasteiger partial charge in [-0.2, -0.15) is 0 Å². The Balaban J connectivity index is 1.29. The predicted molar refractivity (Wildman–Crippen MR) is 140 cm³/mol. The highest BCUT2D eigenvalue weighted by atomic mass is 33.1. The van der Waals surface area contributed by atoms with Crippen molar-refractivity contribution in [3.8, 4) is 0 Å². The Hall–Kier alpha value is -0.780. The quantitative estimate of drug-likeness (QED) is 0.375. The fourth-order valence-electron chi connectivity index (χ4n) is 4.66. The normalized spacial score (nSPS) is 26.3. The minimum absolute atomic E-state index is 0.00997. The first kappa shape index (κ1) is 25.3. The summed E-state index contributed by atoms with van der Waals surface area (Å²) in [6.45, 7) is 7.10. The standard InChI is InChI=1S/C23H36N4O3S3/c1-16(2)30-23(28)27-12-6-8-18(25-33-31-3)20(27)15-29-17-10-13-26(14-11-17)22-24-19-7-4-5-9-21(19)32-22/h4-5,7,9,16-18,20,22,24-25H,6,8,10-15H2,1-3H3. The number of hydrogen-bond acceptors (Lipinski definition) is 9. The Morgan fingerprint density at radius 1 is 1.24 bits per heavy atom. The molecule has 4 rings (SSSR count). The van der Waals surface area contributed by atoms with Gasteiger partial charge in [0.05, 0.1) is 24.9 Å². The first-order valence-electron chi connectivity index (χ1n) is 11.9. The van der Waals surface area contributed by atoms with E-state index in [1.807, 2.05) is 30.5 Å². The summed E-state index contributed by atoms with van der Waals surface area (Å²) < 4.78 is 15.5. The zero-order chi connectivity index (χ0) is 23.2. The van der Waals surface area contributed by atoms with Crippen molar-refractivity contribution in [2.45, 2.75) is 74.2 Å². The molecule has 0 aromatic heterocycles. The molecule has 0 radical (unpaired) electrons. The summed E-state index contributed by atoms with van der Waals surface area (Å²) in [6, 6.07) is 8.71. The number of thioether (sulfide) groups is 1. The van der Waals surface area contributed by atoms with Crippen LogP contribution in [0.15, 0.2) is 29.2 Å². The molecule has 2 fully saturated rings. The largest absolute Gasteiger partial charge is 0.447 e. The van der Waals surface area contributed by atoms with Gasteiger partial charge in [-0.05, 0) is 68.9 Å². The van der Waals surface area contributed by atoms with Crippen LogP contribution in [-0.2, 0) is 9.47 Å². The molecule has 3 aliphatic heterocycles. The van der Waals surface area contributed by atoms with Crippen molar-refractivity contribution >= 4 is 45.3 Å². The number of para-hydroxylation sites is 1. The Kier molecular flexibility index (Phi) is 9.41. The second-order valence-electron chi connectivity index (χ2n) is 8.99. The van der Waals surface area contributed by atoms with E-state index in [2.05, 4.69) is 45.5 Å². The van der Waals surface area contributed by atoms with Gasteiger partial charge in [-0.25, -0.2) is 9.52 Å². The second-order valence-corrected chi connectivity index (χ2v) is 12.3. The third-order valence-corrected chi connectivity index (χ3v) is 8.95. The number of anilines is 1. The third kappa shape index (κ3) is 6.67. The van der Waals surface area contributed by atoms with Crippen LogP contribution in [-0.4, -0.2) is 78.2 Å². The zero-order valence-electron chi connectivity index (χ0n) is 19.7. The van der Waals surface area contributed by atoms with Crippen LogP contribution >= 0.6 is 33.5 Å². The number of carbonyl (C=O) groups is 1. The molecule has 3 aliphatic rings. The zero-order valence-corrected chi connectivity index (χ0v) is 22.1. The van der Waals surface area contributed by atoms with E-state index in [0.29, 0.717) is 12.1 Å². The summed E-state index contributed by atoms with van der Waals surface area (Å²) in [5.74, 6) is 0. The van der Waals surface area contributed by atoms with Crippen LogP contribution in [0.2, 0.25) is 0 Å². The number of likely N-dealkylation sites (tertiary alicyclic amines) is 2. The monoisotopic (exact) mass is 512 g/mol. The Labute approximate surface area is 210 Å². The van der Waals surface area contributed by atoms with Gasteiger partial charge in [0, 0.05) is 36.3 Å². The molecule has 10 heteroatoms. The molecule has 1 amide bonds. The van der Waals surface area contributed by atoms with Gasteiger partial charge >= 0.3 is 6.09 Å². The van der Waals surface area contributed by atoms with Crippen LogP contribution in [0.5, 0.6) is 0 Å². The first-order valence-corrected chi connectivity index (χ1v) is 15.3. The van der Waals surface area contributed by atoms with E-state index in [4.69, 9.17) is 9.47 Å². The highest BCUT2D eigenvalue weighted by Crippen LogP contribution is 2.40. The lowest BCUT2D eigenvalue weighted by molar-refractivity contribution is -0.0369. The summed E-state index contributed by atoms with van der Waals surface area (Å²) in [4.78, 5) is 18.5. The summed E-state index contributed by atoms with van der Waals surface area (Å²) >= 11 is 1.90. The van der Waals surface area contributed by atoms with Crippen LogP contribution in [0.1, 0.15) is 39.5 Å². The lowest BCUT2D eigenvalue weighted by Gasteiger charge is -2.42. The molecule has 3 atom stereocenters. The molecular formula is C23H36N4O3S3. The Morgan fingerprint density at radius 2 is 2.03 bits per heavy atom. The Morgan fingerprint density at radius 3 is 2.76 bits per heavy atom. The van der Waals surface area contributed by atoms with Crippen molar-refractivity contribution < 1.29 is 14.3 Å². The molecule has 7 nitrogen and oxygen atoms in total. The van der Waals surface area contributed by atoms with E-state index < -0.39 is 0 Å². The van der Waals surface area contributed by atoms with Crippen LogP contribution in [0, 0.1) is 0 Å². The molecule has 2 N–H and O–H groups in total. The smallest absolute Gasteiger partial charge is 0.410 e. The summed E-state index contributed by atoms with van der Waals surface area (Å²) in [7, 11) is 3.32. The number of nitrogens with zero attached hydrogens (tertiary/aromatic N) is 2. The minimum atomic E-state index is -0.224. The average molecular weight is 513 g/mol. The number of amides is 1. The van der Waals surface area contributed by atoms with Gasteiger partial charge in [0.1, 0.15) is 5.50 Å². The molecule has 3 unspecified atom stereocenters. The van der Waals surface area contributed by atoms with Gasteiger partial charge in [0.2, 0.25) is 0 Å². The number of ether oxygens (including phenoxy) is 2. The molecule has 2 saturated heterocycles. The summed E-state index contributed by atoms with van der Waals surface area (Å²) in [5.41, 5.74) is 1.54. The lowest BCUT2D eigenvalue weighted by Crippen LogP contribution is -2.57. The number of benzene rings is 1. The van der Waals surface area contributed by atoms with Gasteiger partial charge in [0.15, 0.2) is 0 Å². The summed E-state index contributed by atoms with van der Waals surface area (Å²) in [6.07, 6.45) is 5.98. The minimum Gasteiger partial charge on any atom is -0.447 e. The van der Waals surface area contributed by atoms with E-state index in [-0.39, 0.29) is 30.4 Å². The van der Waals surface area contributed by atoms with Crippen LogP contribution in [0.25, 0.3) is 0 Å². The van der Waals surface area contributed by atoms with Crippen molar-refractivity contribution in [3.05, 3.63) is 24.3 Å². The van der Waals surface area contributed by atoms with Gasteiger partial charge in [-0.3, -0.25) is 4.90 Å². The molecule has 33 heavy (non-hydrogen) atoms. The van der Waals surface area contributed by atoms with E-state index in [1.54, 1.807) is 21.8 Å². The van der Waals surface area contributed by atoms with Crippen molar-refractivity contribution in [2.24, 2.45) is 0 Å².